The molecule has 14 heteroatoms. The van der Waals surface area contributed by atoms with Crippen molar-refractivity contribution in [2.75, 3.05) is 6.54 Å². The number of imidazole rings is 1. The van der Waals surface area contributed by atoms with E-state index < -0.39 is 60.2 Å². The second kappa shape index (κ2) is 16.3. The predicted octanol–water partition coefficient (Wildman–Crippen LogP) is -1.14. The molecular formula is C23H39N7O7. The molecule has 0 aliphatic carbocycles. The summed E-state index contributed by atoms with van der Waals surface area (Å²) >= 11 is 0. The Morgan fingerprint density at radius 3 is 2.05 bits per heavy atom. The third kappa shape index (κ3) is 12.3. The standard InChI is InChI=1S/C23H39N7O7/c1-13(2)9-15(25)20(33)28-17(6-7-19(31)32)22(35)29-16(5-3-4-8-24)21(34)30-18(23(36)37)10-14-11-26-12-27-14/h11-13,15-18H,3-10,24-25H2,1-2H3,(H,26,27)(H,28,33)(H,29,35)(H,30,34)(H,31,32)(H,36,37). The summed E-state index contributed by atoms with van der Waals surface area (Å²) in [6, 6.07) is -4.59. The number of carbonyl (C=O) groups is 5. The summed E-state index contributed by atoms with van der Waals surface area (Å²) < 4.78 is 0. The van der Waals surface area contributed by atoms with Crippen LogP contribution in [0.25, 0.3) is 0 Å². The van der Waals surface area contributed by atoms with Gasteiger partial charge in [0.05, 0.1) is 12.4 Å². The fourth-order valence-electron chi connectivity index (χ4n) is 3.55. The number of aromatic nitrogens is 2. The minimum absolute atomic E-state index is 0.0599. The molecule has 1 heterocycles. The van der Waals surface area contributed by atoms with Crippen LogP contribution in [0.3, 0.4) is 0 Å². The van der Waals surface area contributed by atoms with Crippen LogP contribution in [-0.4, -0.2) is 80.6 Å². The summed E-state index contributed by atoms with van der Waals surface area (Å²) in [6.07, 6.45) is 3.64. The average Bonchev–Trinajstić information content (AvgIpc) is 3.32. The minimum atomic E-state index is -1.29. The smallest absolute Gasteiger partial charge is 0.326 e. The maximum atomic E-state index is 13.1. The van der Waals surface area contributed by atoms with Gasteiger partial charge in [0.15, 0.2) is 0 Å². The topological polar surface area (TPSA) is 243 Å². The lowest BCUT2D eigenvalue weighted by molar-refractivity contribution is -0.142. The maximum Gasteiger partial charge on any atom is 0.326 e. The van der Waals surface area contributed by atoms with Gasteiger partial charge >= 0.3 is 11.9 Å². The first-order chi connectivity index (χ1) is 17.4. The van der Waals surface area contributed by atoms with Crippen LogP contribution < -0.4 is 27.4 Å². The second-order valence-electron chi connectivity index (χ2n) is 9.26. The van der Waals surface area contributed by atoms with Gasteiger partial charge in [-0.1, -0.05) is 13.8 Å². The van der Waals surface area contributed by atoms with Crippen LogP contribution in [0.4, 0.5) is 0 Å². The molecule has 0 saturated heterocycles. The molecule has 0 spiro atoms. The van der Waals surface area contributed by atoms with E-state index in [-0.39, 0.29) is 25.2 Å². The molecule has 10 N–H and O–H groups in total. The van der Waals surface area contributed by atoms with Crippen molar-refractivity contribution in [3.63, 3.8) is 0 Å². The summed E-state index contributed by atoms with van der Waals surface area (Å²) in [5.74, 6) is -4.46. The predicted molar refractivity (Wildman–Crippen MR) is 133 cm³/mol. The van der Waals surface area contributed by atoms with Crippen LogP contribution in [0.1, 0.15) is 58.1 Å². The number of nitrogens with one attached hydrogen (secondary N) is 4. The van der Waals surface area contributed by atoms with Gasteiger partial charge in [-0.05, 0) is 44.6 Å². The van der Waals surface area contributed by atoms with Gasteiger partial charge in [0.1, 0.15) is 18.1 Å². The average molecular weight is 526 g/mol. The van der Waals surface area contributed by atoms with Crippen molar-refractivity contribution in [1.29, 1.82) is 0 Å². The molecule has 3 amide bonds. The molecule has 1 rings (SSSR count). The van der Waals surface area contributed by atoms with Crippen molar-refractivity contribution < 1.29 is 34.2 Å². The van der Waals surface area contributed by atoms with Crippen molar-refractivity contribution in [3.05, 3.63) is 18.2 Å². The van der Waals surface area contributed by atoms with E-state index in [1.165, 1.54) is 12.5 Å². The highest BCUT2D eigenvalue weighted by Gasteiger charge is 2.30. The van der Waals surface area contributed by atoms with Crippen molar-refractivity contribution in [3.8, 4) is 0 Å². The van der Waals surface area contributed by atoms with Crippen LogP contribution in [0.2, 0.25) is 0 Å². The van der Waals surface area contributed by atoms with Gasteiger partial charge in [0.25, 0.3) is 0 Å². The molecule has 208 valence electrons. The zero-order valence-corrected chi connectivity index (χ0v) is 21.2. The number of carboxylic acids is 2. The van der Waals surface area contributed by atoms with E-state index in [1.54, 1.807) is 0 Å². The van der Waals surface area contributed by atoms with E-state index in [9.17, 15) is 29.1 Å². The zero-order chi connectivity index (χ0) is 28.0. The molecule has 0 fully saturated rings. The normalized spacial score (nSPS) is 14.3. The van der Waals surface area contributed by atoms with Crippen LogP contribution >= 0.6 is 0 Å². The number of hydrogen-bond acceptors (Lipinski definition) is 8. The third-order valence-corrected chi connectivity index (χ3v) is 5.52. The highest BCUT2D eigenvalue weighted by Crippen LogP contribution is 2.08. The fraction of sp³-hybridized carbons (Fsp3) is 0.652. The Bertz CT molecular complexity index is 892. The SMILES string of the molecule is CC(C)CC(N)C(=O)NC(CCC(=O)O)C(=O)NC(CCCCN)C(=O)NC(Cc1cnc[nH]1)C(=O)O. The molecular weight excluding hydrogens is 486 g/mol. The van der Waals surface area contributed by atoms with Crippen molar-refractivity contribution in [2.45, 2.75) is 83.0 Å². The van der Waals surface area contributed by atoms with Gasteiger partial charge in [0.2, 0.25) is 17.7 Å². The second-order valence-corrected chi connectivity index (χ2v) is 9.26. The van der Waals surface area contributed by atoms with E-state index in [1.807, 2.05) is 13.8 Å². The van der Waals surface area contributed by atoms with Gasteiger partial charge in [-0.2, -0.15) is 0 Å². The fourth-order valence-corrected chi connectivity index (χ4v) is 3.55. The first-order valence-corrected chi connectivity index (χ1v) is 12.2. The molecule has 4 unspecified atom stereocenters. The summed E-state index contributed by atoms with van der Waals surface area (Å²) in [7, 11) is 0. The minimum Gasteiger partial charge on any atom is -0.481 e. The number of carbonyl (C=O) groups excluding carboxylic acids is 3. The molecule has 0 radical (unpaired) electrons. The number of hydrogen-bond donors (Lipinski definition) is 8. The number of nitrogens with zero attached hydrogens (tertiary/aromatic N) is 1. The monoisotopic (exact) mass is 525 g/mol. The lowest BCUT2D eigenvalue weighted by Gasteiger charge is -2.25. The van der Waals surface area contributed by atoms with Crippen LogP contribution in [0, 0.1) is 5.92 Å². The number of amides is 3. The quantitative estimate of drug-likeness (QED) is 0.107. The Labute approximate surface area is 215 Å². The van der Waals surface area contributed by atoms with Gasteiger partial charge in [0, 0.05) is 24.7 Å². The summed E-state index contributed by atoms with van der Waals surface area (Å²) in [6.45, 7) is 4.11. The molecule has 0 saturated carbocycles. The van der Waals surface area contributed by atoms with Crippen molar-refractivity contribution in [1.82, 2.24) is 25.9 Å². The van der Waals surface area contributed by atoms with E-state index in [2.05, 4.69) is 25.9 Å². The van der Waals surface area contributed by atoms with Crippen LogP contribution in [-0.2, 0) is 30.4 Å². The molecule has 0 aromatic carbocycles. The molecule has 4 atom stereocenters. The van der Waals surface area contributed by atoms with Gasteiger partial charge in [-0.3, -0.25) is 19.2 Å². The Hall–Kier alpha value is -3.52. The highest BCUT2D eigenvalue weighted by atomic mass is 16.4. The number of aromatic amines is 1. The van der Waals surface area contributed by atoms with Gasteiger partial charge in [-0.15, -0.1) is 0 Å². The van der Waals surface area contributed by atoms with E-state index in [4.69, 9.17) is 16.6 Å². The third-order valence-electron chi connectivity index (χ3n) is 5.52. The molecule has 0 bridgehead atoms. The maximum absolute atomic E-state index is 13.1. The largest absolute Gasteiger partial charge is 0.481 e. The number of rotatable bonds is 18. The Morgan fingerprint density at radius 2 is 1.54 bits per heavy atom. The summed E-state index contributed by atoms with van der Waals surface area (Å²) in [4.78, 5) is 68.0. The number of aliphatic carboxylic acids is 2. The first kappa shape index (κ1) is 31.5. The molecule has 0 aliphatic rings. The Balaban J connectivity index is 3.00. The van der Waals surface area contributed by atoms with E-state index in [0.29, 0.717) is 31.5 Å². The number of carboxylic acid groups (broad SMARTS) is 2. The lowest BCUT2D eigenvalue weighted by atomic mass is 10.0. The number of nitrogens with two attached hydrogens (primary N) is 2. The van der Waals surface area contributed by atoms with Gasteiger partial charge < -0.3 is 42.6 Å². The summed E-state index contributed by atoms with van der Waals surface area (Å²) in [5, 5.41) is 26.1. The van der Waals surface area contributed by atoms with Crippen molar-refractivity contribution in [2.24, 2.45) is 17.4 Å². The van der Waals surface area contributed by atoms with Crippen LogP contribution in [0.5, 0.6) is 0 Å². The Kier molecular flexibility index (Phi) is 13.9. The molecule has 14 nitrogen and oxygen atoms in total. The van der Waals surface area contributed by atoms with Gasteiger partial charge in [-0.25, -0.2) is 9.78 Å². The zero-order valence-electron chi connectivity index (χ0n) is 21.2. The van der Waals surface area contributed by atoms with Crippen LogP contribution in [0.15, 0.2) is 12.5 Å². The summed E-state index contributed by atoms with van der Waals surface area (Å²) in [5.41, 5.74) is 11.9. The lowest BCUT2D eigenvalue weighted by Crippen LogP contribution is -2.57. The molecule has 1 aromatic heterocycles. The highest BCUT2D eigenvalue weighted by molar-refractivity contribution is 5.94. The van der Waals surface area contributed by atoms with E-state index >= 15 is 0 Å². The Morgan fingerprint density at radius 1 is 0.946 bits per heavy atom. The molecule has 37 heavy (non-hydrogen) atoms. The van der Waals surface area contributed by atoms with E-state index in [0.717, 1.165) is 0 Å². The number of unbranched alkanes of at least 4 members (excludes halogenated alkanes) is 1. The molecule has 1 aromatic rings. The first-order valence-electron chi connectivity index (χ1n) is 12.2. The number of H-pyrrole nitrogens is 1. The van der Waals surface area contributed by atoms with Crippen molar-refractivity contribution >= 4 is 29.7 Å². The molecule has 0 aliphatic heterocycles.